The van der Waals surface area contributed by atoms with E-state index in [1.165, 1.54) is 25.3 Å². The fourth-order valence-electron chi connectivity index (χ4n) is 3.21. The molecular weight excluding hydrogens is 244 g/mol. The fraction of sp³-hybridized carbons (Fsp3) is 0.625. The molecule has 2 atom stereocenters. The Morgan fingerprint density at radius 1 is 1.16 bits per heavy atom. The van der Waals surface area contributed by atoms with Crippen molar-refractivity contribution in [1.82, 2.24) is 5.32 Å². The topological polar surface area (TPSA) is 12.0 Å². The highest BCUT2D eigenvalue weighted by Crippen LogP contribution is 2.28. The Labute approximate surface area is 114 Å². The average molecular weight is 267 g/mol. The minimum Gasteiger partial charge on any atom is -0.310 e. The van der Waals surface area contributed by atoms with E-state index in [9.17, 15) is 8.78 Å². The maximum Gasteiger partial charge on any atom is 0.263 e. The second kappa shape index (κ2) is 6.47. The third-order valence-electron chi connectivity index (χ3n) is 3.98. The molecule has 0 aromatic heterocycles. The second-order valence-corrected chi connectivity index (χ2v) is 6.04. The molecule has 1 nitrogen and oxygen atoms in total. The Kier molecular flexibility index (Phi) is 4.92. The molecule has 1 N–H and O–H groups in total. The van der Waals surface area contributed by atoms with E-state index >= 15 is 0 Å². The van der Waals surface area contributed by atoms with Gasteiger partial charge in [0, 0.05) is 18.2 Å². The van der Waals surface area contributed by atoms with E-state index in [-0.39, 0.29) is 5.56 Å². The Bertz CT molecular complexity index is 395. The highest BCUT2D eigenvalue weighted by atomic mass is 19.3. The molecule has 106 valence electrons. The SMILES string of the molecule is CC1CC(C)CC(NCc2cccc(C(F)F)c2)C1. The molecule has 0 spiro atoms. The van der Waals surface area contributed by atoms with E-state index in [2.05, 4.69) is 19.2 Å². The molecule has 2 rings (SSSR count). The van der Waals surface area contributed by atoms with Crippen molar-refractivity contribution in [3.05, 3.63) is 35.4 Å². The Balaban J connectivity index is 1.89. The summed E-state index contributed by atoms with van der Waals surface area (Å²) < 4.78 is 25.2. The first-order valence-corrected chi connectivity index (χ1v) is 7.15. The molecule has 0 amide bonds. The largest absolute Gasteiger partial charge is 0.310 e. The molecule has 1 aliphatic rings. The van der Waals surface area contributed by atoms with Crippen molar-refractivity contribution in [3.63, 3.8) is 0 Å². The first kappa shape index (κ1) is 14.4. The molecular formula is C16H23F2N. The van der Waals surface area contributed by atoms with Crippen LogP contribution in [0.15, 0.2) is 24.3 Å². The zero-order chi connectivity index (χ0) is 13.8. The average Bonchev–Trinajstić information content (AvgIpc) is 2.35. The van der Waals surface area contributed by atoms with Crippen molar-refractivity contribution in [2.75, 3.05) is 0 Å². The molecule has 0 saturated heterocycles. The third kappa shape index (κ3) is 4.27. The van der Waals surface area contributed by atoms with Gasteiger partial charge in [0.25, 0.3) is 6.43 Å². The van der Waals surface area contributed by atoms with Gasteiger partial charge in [-0.25, -0.2) is 8.78 Å². The minimum absolute atomic E-state index is 0.115. The van der Waals surface area contributed by atoms with E-state index in [0.717, 1.165) is 17.4 Å². The molecule has 0 bridgehead atoms. The fourth-order valence-corrected chi connectivity index (χ4v) is 3.21. The minimum atomic E-state index is -2.38. The summed E-state index contributed by atoms with van der Waals surface area (Å²) in [6.07, 6.45) is 1.31. The van der Waals surface area contributed by atoms with E-state index in [1.807, 2.05) is 6.07 Å². The Morgan fingerprint density at radius 3 is 2.47 bits per heavy atom. The molecule has 2 unspecified atom stereocenters. The molecule has 1 saturated carbocycles. The summed E-state index contributed by atoms with van der Waals surface area (Å²) in [5, 5.41) is 3.52. The van der Waals surface area contributed by atoms with Crippen molar-refractivity contribution >= 4 is 0 Å². The van der Waals surface area contributed by atoms with Crippen LogP contribution in [0.4, 0.5) is 8.78 Å². The van der Waals surface area contributed by atoms with Crippen LogP contribution >= 0.6 is 0 Å². The number of halogens is 2. The van der Waals surface area contributed by atoms with Gasteiger partial charge in [0.2, 0.25) is 0 Å². The highest BCUT2D eigenvalue weighted by molar-refractivity contribution is 5.24. The predicted molar refractivity (Wildman–Crippen MR) is 74.2 cm³/mol. The van der Waals surface area contributed by atoms with Gasteiger partial charge in [-0.15, -0.1) is 0 Å². The van der Waals surface area contributed by atoms with Crippen LogP contribution in [0.2, 0.25) is 0 Å². The summed E-state index contributed by atoms with van der Waals surface area (Å²) in [6, 6.07) is 7.24. The van der Waals surface area contributed by atoms with Crippen LogP contribution in [0.3, 0.4) is 0 Å². The van der Waals surface area contributed by atoms with Crippen molar-refractivity contribution in [1.29, 1.82) is 0 Å². The number of benzene rings is 1. The lowest BCUT2D eigenvalue weighted by Crippen LogP contribution is -2.35. The van der Waals surface area contributed by atoms with Gasteiger partial charge in [0.1, 0.15) is 0 Å². The van der Waals surface area contributed by atoms with Gasteiger partial charge in [-0.3, -0.25) is 0 Å². The smallest absolute Gasteiger partial charge is 0.263 e. The first-order valence-electron chi connectivity index (χ1n) is 7.15. The molecule has 3 heteroatoms. The molecule has 1 aromatic carbocycles. The van der Waals surface area contributed by atoms with Crippen LogP contribution in [0.5, 0.6) is 0 Å². The van der Waals surface area contributed by atoms with Gasteiger partial charge in [0.05, 0.1) is 0 Å². The van der Waals surface area contributed by atoms with Crippen molar-refractivity contribution in [3.8, 4) is 0 Å². The Hall–Kier alpha value is -0.960. The number of nitrogens with one attached hydrogen (secondary N) is 1. The van der Waals surface area contributed by atoms with Gasteiger partial charge in [-0.2, -0.15) is 0 Å². The highest BCUT2D eigenvalue weighted by Gasteiger charge is 2.23. The maximum absolute atomic E-state index is 12.6. The summed E-state index contributed by atoms with van der Waals surface area (Å²) in [5.41, 5.74) is 1.06. The zero-order valence-corrected chi connectivity index (χ0v) is 11.7. The molecule has 0 radical (unpaired) electrons. The number of hydrogen-bond donors (Lipinski definition) is 1. The van der Waals surface area contributed by atoms with E-state index < -0.39 is 6.43 Å². The van der Waals surface area contributed by atoms with Crippen LogP contribution in [-0.4, -0.2) is 6.04 Å². The van der Waals surface area contributed by atoms with Crippen molar-refractivity contribution < 1.29 is 8.78 Å². The summed E-state index contributed by atoms with van der Waals surface area (Å²) in [4.78, 5) is 0. The lowest BCUT2D eigenvalue weighted by molar-refractivity contribution is 0.151. The summed E-state index contributed by atoms with van der Waals surface area (Å²) in [7, 11) is 0. The van der Waals surface area contributed by atoms with Gasteiger partial charge in [0.15, 0.2) is 0 Å². The predicted octanol–water partition coefficient (Wildman–Crippen LogP) is 4.54. The van der Waals surface area contributed by atoms with E-state index in [0.29, 0.717) is 12.6 Å². The maximum atomic E-state index is 12.6. The van der Waals surface area contributed by atoms with E-state index in [1.54, 1.807) is 12.1 Å². The second-order valence-electron chi connectivity index (χ2n) is 6.04. The zero-order valence-electron chi connectivity index (χ0n) is 11.7. The normalized spacial score (nSPS) is 27.7. The molecule has 1 aliphatic carbocycles. The van der Waals surface area contributed by atoms with Crippen LogP contribution < -0.4 is 5.32 Å². The van der Waals surface area contributed by atoms with Crippen LogP contribution in [-0.2, 0) is 6.54 Å². The summed E-state index contributed by atoms with van der Waals surface area (Å²) >= 11 is 0. The summed E-state index contributed by atoms with van der Waals surface area (Å²) in [6.45, 7) is 5.27. The first-order chi connectivity index (χ1) is 9.04. The molecule has 1 aromatic rings. The van der Waals surface area contributed by atoms with Crippen LogP contribution in [0, 0.1) is 11.8 Å². The summed E-state index contributed by atoms with van der Waals surface area (Å²) in [5.74, 6) is 1.52. The van der Waals surface area contributed by atoms with Crippen LogP contribution in [0.1, 0.15) is 50.7 Å². The molecule has 19 heavy (non-hydrogen) atoms. The van der Waals surface area contributed by atoms with Gasteiger partial charge < -0.3 is 5.32 Å². The number of rotatable bonds is 4. The number of hydrogen-bond acceptors (Lipinski definition) is 1. The van der Waals surface area contributed by atoms with Gasteiger partial charge >= 0.3 is 0 Å². The monoisotopic (exact) mass is 267 g/mol. The van der Waals surface area contributed by atoms with Gasteiger partial charge in [-0.1, -0.05) is 32.0 Å². The molecule has 0 heterocycles. The van der Waals surface area contributed by atoms with Gasteiger partial charge in [-0.05, 0) is 42.7 Å². The van der Waals surface area contributed by atoms with E-state index in [4.69, 9.17) is 0 Å². The third-order valence-corrected chi connectivity index (χ3v) is 3.98. The van der Waals surface area contributed by atoms with Crippen molar-refractivity contribution in [2.24, 2.45) is 11.8 Å². The molecule has 1 fully saturated rings. The quantitative estimate of drug-likeness (QED) is 0.844. The number of alkyl halides is 2. The Morgan fingerprint density at radius 2 is 1.84 bits per heavy atom. The molecule has 0 aliphatic heterocycles. The van der Waals surface area contributed by atoms with Crippen molar-refractivity contribution in [2.45, 2.75) is 52.1 Å². The van der Waals surface area contributed by atoms with Crippen LogP contribution in [0.25, 0.3) is 0 Å². The lowest BCUT2D eigenvalue weighted by Gasteiger charge is -2.32. The lowest BCUT2D eigenvalue weighted by atomic mass is 9.80. The standard InChI is InChI=1S/C16H23F2N/c1-11-6-12(2)8-15(7-11)19-10-13-4-3-5-14(9-13)16(17)18/h3-5,9,11-12,15-16,19H,6-8,10H2,1-2H3.